The average Bonchev–Trinajstić information content (AvgIpc) is 2.78. The quantitative estimate of drug-likeness (QED) is 0.845. The topological polar surface area (TPSA) is 34.4 Å². The lowest BCUT2D eigenvalue weighted by atomic mass is 10.1. The predicted molar refractivity (Wildman–Crippen MR) is 82.4 cm³/mol. The second-order valence-electron chi connectivity index (χ2n) is 5.46. The number of aryl methyl sites for hydroxylation is 2. The molecule has 1 aromatic carbocycles. The summed E-state index contributed by atoms with van der Waals surface area (Å²) in [6, 6.07) is 10.2. The van der Waals surface area contributed by atoms with Gasteiger partial charge < -0.3 is 14.5 Å². The molecule has 1 aromatic heterocycles. The third kappa shape index (κ3) is 3.56. The van der Waals surface area contributed by atoms with Crippen LogP contribution in [0.1, 0.15) is 43.9 Å². The molecule has 0 aliphatic heterocycles. The zero-order valence-corrected chi connectivity index (χ0v) is 12.9. The van der Waals surface area contributed by atoms with E-state index in [2.05, 4.69) is 31.3 Å². The Morgan fingerprint density at radius 2 is 1.80 bits per heavy atom. The summed E-state index contributed by atoms with van der Waals surface area (Å²) in [5.74, 6) is 2.79. The fourth-order valence-corrected chi connectivity index (χ4v) is 2.13. The first-order valence-corrected chi connectivity index (χ1v) is 7.06. The fourth-order valence-electron chi connectivity index (χ4n) is 2.13. The van der Waals surface area contributed by atoms with Crippen LogP contribution in [0.3, 0.4) is 0 Å². The van der Waals surface area contributed by atoms with E-state index in [1.165, 1.54) is 5.56 Å². The summed E-state index contributed by atoms with van der Waals surface area (Å²) in [7, 11) is 0. The number of anilines is 1. The van der Waals surface area contributed by atoms with E-state index in [0.29, 0.717) is 0 Å². The maximum Gasteiger partial charge on any atom is 0.126 e. The van der Waals surface area contributed by atoms with Crippen molar-refractivity contribution in [1.82, 2.24) is 0 Å². The van der Waals surface area contributed by atoms with E-state index in [9.17, 15) is 0 Å². The van der Waals surface area contributed by atoms with E-state index in [0.717, 1.165) is 23.0 Å². The van der Waals surface area contributed by atoms with E-state index in [4.69, 9.17) is 9.15 Å². The number of benzene rings is 1. The van der Waals surface area contributed by atoms with Crippen LogP contribution in [0, 0.1) is 13.8 Å². The van der Waals surface area contributed by atoms with Gasteiger partial charge in [0, 0.05) is 5.69 Å². The van der Waals surface area contributed by atoms with Crippen molar-refractivity contribution < 1.29 is 9.15 Å². The molecule has 0 bridgehead atoms. The molecule has 2 aromatic rings. The molecule has 0 amide bonds. The van der Waals surface area contributed by atoms with Gasteiger partial charge in [-0.25, -0.2) is 0 Å². The van der Waals surface area contributed by atoms with E-state index in [1.54, 1.807) is 0 Å². The summed E-state index contributed by atoms with van der Waals surface area (Å²) < 4.78 is 11.3. The van der Waals surface area contributed by atoms with Gasteiger partial charge in [0.25, 0.3) is 0 Å². The molecule has 0 radical (unpaired) electrons. The molecule has 1 unspecified atom stereocenters. The summed E-state index contributed by atoms with van der Waals surface area (Å²) in [5.41, 5.74) is 2.26. The van der Waals surface area contributed by atoms with Gasteiger partial charge in [-0.1, -0.05) is 0 Å². The minimum Gasteiger partial charge on any atom is -0.491 e. The Morgan fingerprint density at radius 1 is 1.05 bits per heavy atom. The molecule has 0 saturated heterocycles. The first-order chi connectivity index (χ1) is 9.45. The highest BCUT2D eigenvalue weighted by atomic mass is 16.5. The second-order valence-corrected chi connectivity index (χ2v) is 5.46. The van der Waals surface area contributed by atoms with Gasteiger partial charge in [0.1, 0.15) is 17.3 Å². The molecule has 0 aliphatic carbocycles. The summed E-state index contributed by atoms with van der Waals surface area (Å²) in [6.07, 6.45) is 0.193. The predicted octanol–water partition coefficient (Wildman–Crippen LogP) is 4.86. The van der Waals surface area contributed by atoms with Crippen LogP contribution in [0.4, 0.5) is 5.69 Å². The van der Waals surface area contributed by atoms with Gasteiger partial charge in [0.15, 0.2) is 0 Å². The van der Waals surface area contributed by atoms with Gasteiger partial charge in [0.2, 0.25) is 0 Å². The third-order valence-electron chi connectivity index (χ3n) is 3.13. The number of nitrogens with one attached hydrogen (secondary N) is 1. The average molecular weight is 273 g/mol. The van der Waals surface area contributed by atoms with Crippen molar-refractivity contribution in [3.63, 3.8) is 0 Å². The van der Waals surface area contributed by atoms with E-state index in [-0.39, 0.29) is 12.1 Å². The molecule has 0 spiro atoms. The molecule has 0 aliphatic rings. The molecule has 1 N–H and O–H groups in total. The molecule has 0 fully saturated rings. The molecule has 0 saturated carbocycles. The van der Waals surface area contributed by atoms with Crippen LogP contribution >= 0.6 is 0 Å². The summed E-state index contributed by atoms with van der Waals surface area (Å²) in [5, 5.41) is 3.47. The van der Waals surface area contributed by atoms with Gasteiger partial charge in [-0.3, -0.25) is 0 Å². The van der Waals surface area contributed by atoms with Crippen LogP contribution in [-0.2, 0) is 0 Å². The molecule has 3 heteroatoms. The highest BCUT2D eigenvalue weighted by molar-refractivity contribution is 5.54. The van der Waals surface area contributed by atoms with E-state index in [1.807, 2.05) is 39.0 Å². The molecule has 20 heavy (non-hydrogen) atoms. The van der Waals surface area contributed by atoms with E-state index >= 15 is 0 Å². The molecule has 1 atom stereocenters. The van der Waals surface area contributed by atoms with Crippen molar-refractivity contribution >= 4 is 5.69 Å². The van der Waals surface area contributed by atoms with Crippen LogP contribution in [-0.4, -0.2) is 6.10 Å². The lowest BCUT2D eigenvalue weighted by molar-refractivity contribution is 0.242. The highest BCUT2D eigenvalue weighted by Crippen LogP contribution is 2.26. The molecule has 1 heterocycles. The first-order valence-electron chi connectivity index (χ1n) is 7.06. The molecule has 2 rings (SSSR count). The van der Waals surface area contributed by atoms with Gasteiger partial charge in [-0.2, -0.15) is 0 Å². The Balaban J connectivity index is 2.09. The summed E-state index contributed by atoms with van der Waals surface area (Å²) >= 11 is 0. The third-order valence-corrected chi connectivity index (χ3v) is 3.13. The Kier molecular flexibility index (Phi) is 4.38. The minimum atomic E-state index is 0.138. The maximum atomic E-state index is 5.70. The smallest absolute Gasteiger partial charge is 0.126 e. The van der Waals surface area contributed by atoms with Crippen LogP contribution in [0.2, 0.25) is 0 Å². The largest absolute Gasteiger partial charge is 0.491 e. The highest BCUT2D eigenvalue weighted by Gasteiger charge is 2.11. The van der Waals surface area contributed by atoms with Gasteiger partial charge in [-0.05, 0) is 70.5 Å². The molecular formula is C17H23NO2. The number of furan rings is 1. The monoisotopic (exact) mass is 273 g/mol. The fraction of sp³-hybridized carbons (Fsp3) is 0.412. The van der Waals surface area contributed by atoms with Crippen LogP contribution < -0.4 is 10.1 Å². The summed E-state index contributed by atoms with van der Waals surface area (Å²) in [6.45, 7) is 10.2. The Hall–Kier alpha value is -1.90. The van der Waals surface area contributed by atoms with Crippen molar-refractivity contribution in [2.45, 2.75) is 46.8 Å². The van der Waals surface area contributed by atoms with Crippen molar-refractivity contribution in [2.75, 3.05) is 5.32 Å². The normalized spacial score (nSPS) is 12.5. The minimum absolute atomic E-state index is 0.138. The van der Waals surface area contributed by atoms with Crippen LogP contribution in [0.25, 0.3) is 0 Å². The van der Waals surface area contributed by atoms with Crippen LogP contribution in [0.5, 0.6) is 5.75 Å². The Labute approximate surface area is 121 Å². The Morgan fingerprint density at radius 3 is 2.35 bits per heavy atom. The Bertz CT molecular complexity index is 572. The second kappa shape index (κ2) is 6.04. The number of hydrogen-bond donors (Lipinski definition) is 1. The standard InChI is InChI=1S/C17H23NO2/c1-11(2)19-15-7-8-16(12(3)10-15)18-14(5)17-9-6-13(4)20-17/h6-11,14,18H,1-5H3. The van der Waals surface area contributed by atoms with Crippen molar-refractivity contribution in [1.29, 1.82) is 0 Å². The zero-order chi connectivity index (χ0) is 14.7. The number of ether oxygens (including phenoxy) is 1. The van der Waals surface area contributed by atoms with Gasteiger partial charge in [0.05, 0.1) is 12.1 Å². The summed E-state index contributed by atoms with van der Waals surface area (Å²) in [4.78, 5) is 0. The number of hydrogen-bond acceptors (Lipinski definition) is 3. The molecule has 3 nitrogen and oxygen atoms in total. The molecule has 108 valence electrons. The van der Waals surface area contributed by atoms with Crippen molar-refractivity contribution in [3.05, 3.63) is 47.4 Å². The number of rotatable bonds is 5. The SMILES string of the molecule is Cc1ccc(C(C)Nc2ccc(OC(C)C)cc2C)o1. The lowest BCUT2D eigenvalue weighted by Crippen LogP contribution is -2.08. The van der Waals surface area contributed by atoms with Gasteiger partial charge in [-0.15, -0.1) is 0 Å². The van der Waals surface area contributed by atoms with Crippen LogP contribution in [0.15, 0.2) is 34.7 Å². The molecular weight excluding hydrogens is 250 g/mol. The zero-order valence-electron chi connectivity index (χ0n) is 12.9. The van der Waals surface area contributed by atoms with Crippen molar-refractivity contribution in [2.24, 2.45) is 0 Å². The van der Waals surface area contributed by atoms with Crippen molar-refractivity contribution in [3.8, 4) is 5.75 Å². The van der Waals surface area contributed by atoms with E-state index < -0.39 is 0 Å². The maximum absolute atomic E-state index is 5.70. The lowest BCUT2D eigenvalue weighted by Gasteiger charge is -2.17. The first kappa shape index (κ1) is 14.5. The van der Waals surface area contributed by atoms with Gasteiger partial charge >= 0.3 is 0 Å².